The minimum absolute atomic E-state index is 0.0729. The summed E-state index contributed by atoms with van der Waals surface area (Å²) in [6.45, 7) is 6.17. The predicted molar refractivity (Wildman–Crippen MR) is 90.8 cm³/mol. The molecule has 0 aromatic heterocycles. The van der Waals surface area contributed by atoms with Crippen molar-refractivity contribution < 1.29 is 13.2 Å². The van der Waals surface area contributed by atoms with Crippen LogP contribution in [0.5, 0.6) is 0 Å². The molecule has 0 aliphatic carbocycles. The number of hydrogen-bond acceptors (Lipinski definition) is 3. The average Bonchev–Trinajstić information content (AvgIpc) is 2.33. The van der Waals surface area contributed by atoms with E-state index in [0.717, 1.165) is 11.8 Å². The molecule has 1 N–H and O–H groups in total. The lowest BCUT2D eigenvalue weighted by atomic mass is 10.1. The summed E-state index contributed by atoms with van der Waals surface area (Å²) in [5.74, 6) is 0.195. The van der Waals surface area contributed by atoms with Crippen LogP contribution in [0, 0.1) is 12.8 Å². The molecule has 1 amide bonds. The third kappa shape index (κ3) is 5.85. The molecule has 0 heterocycles. The van der Waals surface area contributed by atoms with E-state index in [2.05, 4.69) is 5.32 Å². The van der Waals surface area contributed by atoms with Gasteiger partial charge in [0.25, 0.3) is 0 Å². The lowest BCUT2D eigenvalue weighted by molar-refractivity contribution is -0.121. The first-order valence-electron chi connectivity index (χ1n) is 7.12. The summed E-state index contributed by atoms with van der Waals surface area (Å²) in [7, 11) is -3.44. The maximum atomic E-state index is 12.0. The van der Waals surface area contributed by atoms with Crippen LogP contribution in [0.2, 0.25) is 5.02 Å². The molecule has 5 nitrogen and oxygen atoms in total. The van der Waals surface area contributed by atoms with Crippen molar-refractivity contribution in [3.05, 3.63) is 28.8 Å². The minimum Gasteiger partial charge on any atom is -0.354 e. The van der Waals surface area contributed by atoms with E-state index in [9.17, 15) is 13.2 Å². The molecule has 1 aromatic rings. The van der Waals surface area contributed by atoms with Crippen LogP contribution < -0.4 is 9.62 Å². The van der Waals surface area contributed by atoms with Gasteiger partial charge in [-0.3, -0.25) is 9.10 Å². The van der Waals surface area contributed by atoms with E-state index in [1.807, 2.05) is 13.8 Å². The average molecular weight is 347 g/mol. The molecule has 0 saturated carbocycles. The van der Waals surface area contributed by atoms with Crippen molar-refractivity contribution in [2.45, 2.75) is 27.2 Å². The normalized spacial score (nSPS) is 11.5. The van der Waals surface area contributed by atoms with Crippen molar-refractivity contribution in [1.82, 2.24) is 5.32 Å². The fourth-order valence-electron chi connectivity index (χ4n) is 2.10. The molecule has 0 unspecified atom stereocenters. The molecule has 0 radical (unpaired) electrons. The first-order valence-corrected chi connectivity index (χ1v) is 9.34. The highest BCUT2D eigenvalue weighted by atomic mass is 35.5. The highest BCUT2D eigenvalue weighted by Crippen LogP contribution is 2.25. The summed E-state index contributed by atoms with van der Waals surface area (Å²) in [5, 5.41) is 3.30. The Balaban J connectivity index is 2.81. The van der Waals surface area contributed by atoms with Gasteiger partial charge in [0.2, 0.25) is 15.9 Å². The Bertz CT molecular complexity index is 630. The molecule has 1 rings (SSSR count). The molecule has 0 fully saturated rings. The van der Waals surface area contributed by atoms with Gasteiger partial charge in [-0.05, 0) is 36.6 Å². The number of carbonyl (C=O) groups excluding carboxylic acids is 1. The summed E-state index contributed by atoms with van der Waals surface area (Å²) < 4.78 is 25.3. The second-order valence-electron chi connectivity index (χ2n) is 5.71. The van der Waals surface area contributed by atoms with Crippen LogP contribution in [0.3, 0.4) is 0 Å². The number of anilines is 1. The van der Waals surface area contributed by atoms with Gasteiger partial charge in [0.05, 0.1) is 18.5 Å². The van der Waals surface area contributed by atoms with E-state index >= 15 is 0 Å². The number of nitrogens with one attached hydrogen (secondary N) is 1. The van der Waals surface area contributed by atoms with E-state index in [1.54, 1.807) is 25.1 Å². The van der Waals surface area contributed by atoms with Crippen molar-refractivity contribution in [2.75, 3.05) is 23.7 Å². The van der Waals surface area contributed by atoms with Crippen molar-refractivity contribution in [1.29, 1.82) is 0 Å². The first-order chi connectivity index (χ1) is 10.1. The smallest absolute Gasteiger partial charge is 0.232 e. The Hall–Kier alpha value is -1.27. The zero-order valence-electron chi connectivity index (χ0n) is 13.4. The molecule has 0 aliphatic rings. The Morgan fingerprint density at radius 3 is 2.50 bits per heavy atom. The first kappa shape index (κ1) is 18.8. The van der Waals surface area contributed by atoms with E-state index in [-0.39, 0.29) is 24.9 Å². The third-order valence-corrected chi connectivity index (χ3v) is 4.47. The van der Waals surface area contributed by atoms with Crippen LogP contribution in [-0.4, -0.2) is 33.7 Å². The highest BCUT2D eigenvalue weighted by Gasteiger charge is 2.19. The molecule has 0 aliphatic heterocycles. The number of benzene rings is 1. The van der Waals surface area contributed by atoms with Gasteiger partial charge in [0, 0.05) is 18.0 Å². The summed E-state index contributed by atoms with van der Waals surface area (Å²) in [6.07, 6.45) is 1.58. The summed E-state index contributed by atoms with van der Waals surface area (Å²) in [5.41, 5.74) is 1.34. The summed E-state index contributed by atoms with van der Waals surface area (Å²) >= 11 is 5.91. The Kier molecular flexibility index (Phi) is 6.68. The van der Waals surface area contributed by atoms with Crippen LogP contribution in [-0.2, 0) is 14.8 Å². The number of carbonyl (C=O) groups is 1. The number of nitrogens with zero attached hydrogens (tertiary/aromatic N) is 1. The van der Waals surface area contributed by atoms with Gasteiger partial charge in [-0.2, -0.15) is 0 Å². The van der Waals surface area contributed by atoms with Crippen LogP contribution in [0.4, 0.5) is 5.69 Å². The van der Waals surface area contributed by atoms with Crippen LogP contribution >= 0.6 is 11.6 Å². The van der Waals surface area contributed by atoms with Crippen LogP contribution in [0.25, 0.3) is 0 Å². The van der Waals surface area contributed by atoms with Gasteiger partial charge in [-0.25, -0.2) is 8.42 Å². The lowest BCUT2D eigenvalue weighted by Crippen LogP contribution is -2.38. The second-order valence-corrected chi connectivity index (χ2v) is 8.06. The molecular formula is C15H23ClN2O3S. The Morgan fingerprint density at radius 2 is 2.00 bits per heavy atom. The highest BCUT2D eigenvalue weighted by molar-refractivity contribution is 7.92. The van der Waals surface area contributed by atoms with Crippen molar-refractivity contribution in [3.8, 4) is 0 Å². The van der Waals surface area contributed by atoms with Crippen molar-refractivity contribution in [2.24, 2.45) is 5.92 Å². The number of hydrogen-bond donors (Lipinski definition) is 1. The SMILES string of the molecule is Cc1cc(Cl)ccc1N(CCNC(=O)CC(C)C)S(C)(=O)=O. The van der Waals surface area contributed by atoms with E-state index < -0.39 is 10.0 Å². The maximum absolute atomic E-state index is 12.0. The zero-order valence-corrected chi connectivity index (χ0v) is 15.0. The molecule has 0 atom stereocenters. The minimum atomic E-state index is -3.44. The molecule has 0 bridgehead atoms. The molecule has 1 aromatic carbocycles. The van der Waals surface area contributed by atoms with E-state index in [1.165, 1.54) is 4.31 Å². The lowest BCUT2D eigenvalue weighted by Gasteiger charge is -2.24. The zero-order chi connectivity index (χ0) is 16.9. The van der Waals surface area contributed by atoms with Gasteiger partial charge in [-0.1, -0.05) is 25.4 Å². The third-order valence-electron chi connectivity index (χ3n) is 3.06. The van der Waals surface area contributed by atoms with E-state index in [4.69, 9.17) is 11.6 Å². The Morgan fingerprint density at radius 1 is 1.36 bits per heavy atom. The Labute approximate surface area is 137 Å². The fraction of sp³-hybridized carbons (Fsp3) is 0.533. The molecule has 0 saturated heterocycles. The molecule has 22 heavy (non-hydrogen) atoms. The van der Waals surface area contributed by atoms with Gasteiger partial charge in [0.15, 0.2) is 0 Å². The summed E-state index contributed by atoms with van der Waals surface area (Å²) in [4.78, 5) is 11.6. The summed E-state index contributed by atoms with van der Waals surface area (Å²) in [6, 6.07) is 5.04. The van der Waals surface area contributed by atoms with Crippen LogP contribution in [0.1, 0.15) is 25.8 Å². The van der Waals surface area contributed by atoms with Gasteiger partial charge in [-0.15, -0.1) is 0 Å². The van der Waals surface area contributed by atoms with Gasteiger partial charge in [0.1, 0.15) is 0 Å². The number of rotatable bonds is 7. The number of sulfonamides is 1. The molecular weight excluding hydrogens is 324 g/mol. The maximum Gasteiger partial charge on any atom is 0.232 e. The number of aryl methyl sites for hydroxylation is 1. The molecule has 0 spiro atoms. The van der Waals surface area contributed by atoms with E-state index in [0.29, 0.717) is 17.1 Å². The van der Waals surface area contributed by atoms with Crippen LogP contribution in [0.15, 0.2) is 18.2 Å². The van der Waals surface area contributed by atoms with Crippen molar-refractivity contribution >= 4 is 33.2 Å². The molecule has 124 valence electrons. The fourth-order valence-corrected chi connectivity index (χ4v) is 3.32. The standard InChI is InChI=1S/C15H23ClN2O3S/c1-11(2)9-15(19)17-7-8-18(22(4,20)21)14-6-5-13(16)10-12(14)3/h5-6,10-11H,7-9H2,1-4H3,(H,17,19). The largest absolute Gasteiger partial charge is 0.354 e. The number of halogens is 1. The topological polar surface area (TPSA) is 66.5 Å². The monoisotopic (exact) mass is 346 g/mol. The second kappa shape index (κ2) is 7.83. The van der Waals surface area contributed by atoms with Gasteiger partial charge < -0.3 is 5.32 Å². The van der Waals surface area contributed by atoms with Gasteiger partial charge >= 0.3 is 0 Å². The predicted octanol–water partition coefficient (Wildman–Crippen LogP) is 2.58. The molecule has 7 heteroatoms. The number of amides is 1. The van der Waals surface area contributed by atoms with Crippen molar-refractivity contribution in [3.63, 3.8) is 0 Å². The quantitative estimate of drug-likeness (QED) is 0.825.